The van der Waals surface area contributed by atoms with Crippen molar-refractivity contribution in [3.8, 4) is 0 Å². The van der Waals surface area contributed by atoms with E-state index in [1.807, 2.05) is 0 Å². The van der Waals surface area contributed by atoms with Gasteiger partial charge in [-0.25, -0.2) is 14.0 Å². The van der Waals surface area contributed by atoms with Gasteiger partial charge in [0, 0.05) is 37.8 Å². The second-order valence-electron chi connectivity index (χ2n) is 4.93. The predicted octanol–water partition coefficient (Wildman–Crippen LogP) is 1.21. The lowest BCUT2D eigenvalue weighted by molar-refractivity contribution is 0.462. The summed E-state index contributed by atoms with van der Waals surface area (Å²) in [7, 11) is -2.27. The third-order valence-corrected chi connectivity index (χ3v) is 7.16. The maximum absolute atomic E-state index is 12.9. The zero-order valence-corrected chi connectivity index (χ0v) is 9.94. The molecule has 0 N–H and O–H groups in total. The highest BCUT2D eigenvalue weighted by Gasteiger charge is 2.62. The van der Waals surface area contributed by atoms with E-state index in [0.717, 1.165) is 19.6 Å². The first-order valence-electron chi connectivity index (χ1n) is 5.46. The van der Waals surface area contributed by atoms with Crippen LogP contribution in [0.25, 0.3) is 0 Å². The third kappa shape index (κ3) is 1.15. The highest BCUT2D eigenvalue weighted by atomic mass is 31.2. The fraction of sp³-hybridized carbons (Fsp3) is 1.00. The van der Waals surface area contributed by atoms with E-state index < -0.39 is 7.59 Å². The van der Waals surface area contributed by atoms with Gasteiger partial charge < -0.3 is 0 Å². The van der Waals surface area contributed by atoms with Crippen molar-refractivity contribution < 1.29 is 4.57 Å². The molecule has 3 heterocycles. The Balaban J connectivity index is 1.84. The van der Waals surface area contributed by atoms with E-state index in [4.69, 9.17) is 0 Å². The molecular weight excluding hydrogens is 197 g/mol. The Morgan fingerprint density at radius 2 is 1.07 bits per heavy atom. The summed E-state index contributed by atoms with van der Waals surface area (Å²) in [5.74, 6) is 0. The van der Waals surface area contributed by atoms with Crippen molar-refractivity contribution in [1.82, 2.24) is 14.0 Å². The summed E-state index contributed by atoms with van der Waals surface area (Å²) in [4.78, 5) is 0. The lowest BCUT2D eigenvalue weighted by atomic mass is 10.6. The van der Waals surface area contributed by atoms with Crippen LogP contribution in [-0.2, 0) is 4.57 Å². The van der Waals surface area contributed by atoms with Crippen LogP contribution in [-0.4, -0.2) is 51.8 Å². The summed E-state index contributed by atoms with van der Waals surface area (Å²) in [5.41, 5.74) is 0. The molecule has 3 saturated heterocycles. The van der Waals surface area contributed by atoms with Gasteiger partial charge in [-0.05, 0) is 20.8 Å². The van der Waals surface area contributed by atoms with Crippen LogP contribution >= 0.6 is 7.59 Å². The molecule has 5 heteroatoms. The van der Waals surface area contributed by atoms with E-state index in [0.29, 0.717) is 18.1 Å². The van der Waals surface area contributed by atoms with E-state index >= 15 is 0 Å². The van der Waals surface area contributed by atoms with E-state index in [9.17, 15) is 4.57 Å². The Bertz CT molecular complexity index is 274. The molecule has 0 aliphatic carbocycles. The minimum atomic E-state index is -2.27. The molecule has 80 valence electrons. The Labute approximate surface area is 85.4 Å². The minimum absolute atomic E-state index is 0.529. The topological polar surface area (TPSA) is 26.1 Å². The van der Waals surface area contributed by atoms with Crippen LogP contribution in [0.15, 0.2) is 0 Å². The Morgan fingerprint density at radius 1 is 0.857 bits per heavy atom. The van der Waals surface area contributed by atoms with E-state index in [1.165, 1.54) is 0 Å². The molecule has 0 saturated carbocycles. The van der Waals surface area contributed by atoms with Crippen molar-refractivity contribution >= 4 is 7.59 Å². The van der Waals surface area contributed by atoms with Crippen molar-refractivity contribution in [2.24, 2.45) is 0 Å². The lowest BCUT2D eigenvalue weighted by Crippen LogP contribution is -2.15. The van der Waals surface area contributed by atoms with Gasteiger partial charge in [0.2, 0.25) is 0 Å². The van der Waals surface area contributed by atoms with Crippen molar-refractivity contribution in [2.45, 2.75) is 38.9 Å². The molecule has 14 heavy (non-hydrogen) atoms. The van der Waals surface area contributed by atoms with Gasteiger partial charge in [0.1, 0.15) is 0 Å². The van der Waals surface area contributed by atoms with Crippen LogP contribution in [0.5, 0.6) is 0 Å². The standard InChI is InChI=1S/C9H18N3OP/c1-7-4-10(7)14(13,11-5-8(11)2)12-6-9(12)3/h7-9H,4-6H2,1-3H3/t7-,8-,9-,10?,11?,12?,14?/m0/s1. The Kier molecular flexibility index (Phi) is 1.75. The fourth-order valence-corrected chi connectivity index (χ4v) is 5.98. The molecule has 0 bridgehead atoms. The molecule has 6 atom stereocenters. The van der Waals surface area contributed by atoms with E-state index in [2.05, 4.69) is 34.8 Å². The molecule has 3 aliphatic heterocycles. The summed E-state index contributed by atoms with van der Waals surface area (Å²) in [6.07, 6.45) is 0. The summed E-state index contributed by atoms with van der Waals surface area (Å²) in [6, 6.07) is 1.59. The third-order valence-electron chi connectivity index (χ3n) is 3.48. The van der Waals surface area contributed by atoms with Crippen LogP contribution in [0.3, 0.4) is 0 Å². The second kappa shape index (κ2) is 2.62. The van der Waals surface area contributed by atoms with Crippen LogP contribution in [0.2, 0.25) is 0 Å². The SMILES string of the molecule is C[C@H]1CN1P(=O)(N1C[C@@H]1C)N1C[C@@H]1C. The number of hydrogen-bond acceptors (Lipinski definition) is 1. The first kappa shape index (κ1) is 9.34. The van der Waals surface area contributed by atoms with Gasteiger partial charge in [-0.15, -0.1) is 0 Å². The van der Waals surface area contributed by atoms with Crippen molar-refractivity contribution in [3.05, 3.63) is 0 Å². The molecule has 0 amide bonds. The summed E-state index contributed by atoms with van der Waals surface area (Å²) >= 11 is 0. The van der Waals surface area contributed by atoms with Crippen LogP contribution in [0, 0.1) is 0 Å². The fourth-order valence-electron chi connectivity index (χ4n) is 2.20. The Hall–Kier alpha value is 0.110. The molecule has 3 aliphatic rings. The van der Waals surface area contributed by atoms with Gasteiger partial charge in [0.05, 0.1) is 0 Å². The second-order valence-corrected chi connectivity index (χ2v) is 7.49. The molecule has 0 aromatic heterocycles. The Morgan fingerprint density at radius 3 is 1.21 bits per heavy atom. The van der Waals surface area contributed by atoms with Crippen molar-refractivity contribution in [2.75, 3.05) is 19.6 Å². The van der Waals surface area contributed by atoms with Gasteiger partial charge in [0.15, 0.2) is 0 Å². The highest BCUT2D eigenvalue weighted by molar-refractivity contribution is 7.57. The molecule has 3 rings (SSSR count). The van der Waals surface area contributed by atoms with Crippen molar-refractivity contribution in [1.29, 1.82) is 0 Å². The number of hydrogen-bond donors (Lipinski definition) is 0. The van der Waals surface area contributed by atoms with Crippen LogP contribution in [0.4, 0.5) is 0 Å². The highest BCUT2D eigenvalue weighted by Crippen LogP contribution is 2.69. The zero-order valence-electron chi connectivity index (χ0n) is 9.05. The maximum Gasteiger partial charge on any atom is 0.287 e. The van der Waals surface area contributed by atoms with Gasteiger partial charge in [-0.1, -0.05) is 0 Å². The first-order valence-corrected chi connectivity index (χ1v) is 7.03. The number of rotatable bonds is 3. The van der Waals surface area contributed by atoms with E-state index in [1.54, 1.807) is 0 Å². The van der Waals surface area contributed by atoms with Gasteiger partial charge >= 0.3 is 0 Å². The summed E-state index contributed by atoms with van der Waals surface area (Å²) in [5, 5.41) is 0. The quantitative estimate of drug-likeness (QED) is 0.522. The van der Waals surface area contributed by atoms with Gasteiger partial charge in [-0.2, -0.15) is 0 Å². The molecule has 3 unspecified atom stereocenters. The smallest absolute Gasteiger partial charge is 0.270 e. The monoisotopic (exact) mass is 215 g/mol. The minimum Gasteiger partial charge on any atom is -0.270 e. The molecular formula is C9H18N3OP. The van der Waals surface area contributed by atoms with Gasteiger partial charge in [0.25, 0.3) is 7.59 Å². The normalized spacial score (nSPS) is 59.1. The predicted molar refractivity (Wildman–Crippen MR) is 56.1 cm³/mol. The average Bonchev–Trinajstić information content (AvgIpc) is 2.91. The first-order chi connectivity index (χ1) is 6.55. The van der Waals surface area contributed by atoms with Crippen LogP contribution < -0.4 is 0 Å². The van der Waals surface area contributed by atoms with Gasteiger partial charge in [-0.3, -0.25) is 4.57 Å². The largest absolute Gasteiger partial charge is 0.287 e. The van der Waals surface area contributed by atoms with E-state index in [-0.39, 0.29) is 0 Å². The van der Waals surface area contributed by atoms with Crippen LogP contribution in [0.1, 0.15) is 20.8 Å². The molecule has 4 nitrogen and oxygen atoms in total. The number of nitrogens with zero attached hydrogens (tertiary/aromatic N) is 3. The maximum atomic E-state index is 12.9. The lowest BCUT2D eigenvalue weighted by Gasteiger charge is -2.22. The molecule has 0 radical (unpaired) electrons. The molecule has 0 aromatic rings. The molecule has 3 fully saturated rings. The molecule has 0 spiro atoms. The summed E-state index contributed by atoms with van der Waals surface area (Å²) in [6.45, 7) is 9.54. The average molecular weight is 215 g/mol. The van der Waals surface area contributed by atoms with Crippen molar-refractivity contribution in [3.63, 3.8) is 0 Å². The summed E-state index contributed by atoms with van der Waals surface area (Å²) < 4.78 is 19.5. The molecule has 0 aromatic carbocycles. The zero-order chi connectivity index (χ0) is 10.1.